The summed E-state index contributed by atoms with van der Waals surface area (Å²) in [6.07, 6.45) is 24.3. The smallest absolute Gasteiger partial charge is 1.00 e. The number of hydrogen-bond acceptors (Lipinski definition) is 0. The second-order valence-electron chi connectivity index (χ2n) is 6.89. The molecule has 0 aromatic carbocycles. The summed E-state index contributed by atoms with van der Waals surface area (Å²) in [5.41, 5.74) is 3.82. The molecule has 0 spiro atoms. The molecule has 4 rings (SSSR count). The van der Waals surface area contributed by atoms with Crippen molar-refractivity contribution < 1.29 is 51.0 Å². The molecule has 0 bridgehead atoms. The zero-order valence-corrected chi connectivity index (χ0v) is 19.6. The maximum Gasteiger partial charge on any atom is 4.00 e. The summed E-state index contributed by atoms with van der Waals surface area (Å²) in [7, 11) is -0.904. The van der Waals surface area contributed by atoms with E-state index in [9.17, 15) is 0 Å². The van der Waals surface area contributed by atoms with E-state index in [-0.39, 0.29) is 51.0 Å². The van der Waals surface area contributed by atoms with Gasteiger partial charge in [-0.05, 0) is 20.4 Å². The summed E-state index contributed by atoms with van der Waals surface area (Å²) in [5, 5.41) is 0. The molecule has 1 saturated heterocycles. The Morgan fingerprint density at radius 1 is 1.21 bits per heavy atom. The third kappa shape index (κ3) is 5.50. The molecular weight excluding hydrogens is 430 g/mol. The summed E-state index contributed by atoms with van der Waals surface area (Å²) in [5.74, 6) is 0.918. The molecule has 1 heterocycles. The average molecular weight is 459 g/mol. The molecule has 24 heavy (non-hydrogen) atoms. The third-order valence-corrected chi connectivity index (χ3v) is 11.5. The van der Waals surface area contributed by atoms with Gasteiger partial charge in [-0.1, -0.05) is 50.7 Å². The third-order valence-electron chi connectivity index (χ3n) is 5.63. The molecular formula is C20H28Cl2SiZr. The van der Waals surface area contributed by atoms with Gasteiger partial charge in [0.05, 0.1) is 0 Å². The molecule has 4 aliphatic rings. The van der Waals surface area contributed by atoms with Crippen LogP contribution in [0.15, 0.2) is 42.0 Å². The Morgan fingerprint density at radius 3 is 2.50 bits per heavy atom. The predicted octanol–water partition coefficient (Wildman–Crippen LogP) is -0.0299. The summed E-state index contributed by atoms with van der Waals surface area (Å²) in [6.45, 7) is 2.38. The van der Waals surface area contributed by atoms with E-state index in [2.05, 4.69) is 37.3 Å². The maximum atomic E-state index is 2.99. The fraction of sp³-hybridized carbons (Fsp3) is 0.550. The van der Waals surface area contributed by atoms with Crippen molar-refractivity contribution in [3.05, 3.63) is 53.6 Å². The Labute approximate surface area is 181 Å². The van der Waals surface area contributed by atoms with Crippen LogP contribution in [0.2, 0.25) is 18.1 Å². The number of rotatable bonds is 3. The molecule has 1 aliphatic heterocycles. The van der Waals surface area contributed by atoms with Crippen molar-refractivity contribution in [1.29, 1.82) is 0 Å². The van der Waals surface area contributed by atoms with Crippen LogP contribution in [0, 0.1) is 17.5 Å². The minimum Gasteiger partial charge on any atom is -1.00 e. The first-order valence-electron chi connectivity index (χ1n) is 8.81. The predicted molar refractivity (Wildman–Crippen MR) is 94.5 cm³/mol. The van der Waals surface area contributed by atoms with Crippen molar-refractivity contribution in [1.82, 2.24) is 0 Å². The minimum atomic E-state index is -0.904. The van der Waals surface area contributed by atoms with Gasteiger partial charge in [-0.25, -0.2) is 29.3 Å². The van der Waals surface area contributed by atoms with Crippen molar-refractivity contribution in [3.8, 4) is 0 Å². The molecule has 2 fully saturated rings. The van der Waals surface area contributed by atoms with Crippen LogP contribution in [0.1, 0.15) is 45.4 Å². The molecule has 0 aromatic rings. The molecule has 0 radical (unpaired) electrons. The standard InChI is InChI=1S/C15H23Si.C5H5.2ClH.Zr/c1-2-10-16(11-5-12-16)15-9-8-13-6-3-4-7-14(13)15;1-2-4-5-3-1;;;/h3-4,7,13H,2,5-6,8-12H2,1H3;1-3H,4H2;2*1H;/q2*-1;;;+4/p-2. The molecule has 0 N–H and O–H groups in total. The van der Waals surface area contributed by atoms with E-state index in [1.54, 1.807) is 18.1 Å². The Hall–Kier alpha value is 0.510. The van der Waals surface area contributed by atoms with Gasteiger partial charge in [0, 0.05) is 0 Å². The van der Waals surface area contributed by atoms with Gasteiger partial charge < -0.3 is 24.8 Å². The second-order valence-corrected chi connectivity index (χ2v) is 11.6. The van der Waals surface area contributed by atoms with Gasteiger partial charge in [-0.15, -0.1) is 18.6 Å². The summed E-state index contributed by atoms with van der Waals surface area (Å²) in [4.78, 5) is 0. The maximum absolute atomic E-state index is 2.99. The van der Waals surface area contributed by atoms with E-state index in [1.165, 1.54) is 32.1 Å². The van der Waals surface area contributed by atoms with E-state index in [0.29, 0.717) is 0 Å². The quantitative estimate of drug-likeness (QED) is 0.412. The molecule has 1 unspecified atom stereocenters. The molecule has 0 aromatic heterocycles. The Kier molecular flexibility index (Phi) is 12.3. The first kappa shape index (κ1) is 24.5. The van der Waals surface area contributed by atoms with E-state index in [4.69, 9.17) is 0 Å². The zero-order chi connectivity index (χ0) is 14.5. The SMILES string of the molecule is CCC[Si]1([C-]2CCC3CC=CC=C23)CCC1.[C-]1=CC=CC1.[Cl-].[Cl-].[Zr+4]. The topological polar surface area (TPSA) is 0 Å². The Morgan fingerprint density at radius 2 is 2.00 bits per heavy atom. The monoisotopic (exact) mass is 456 g/mol. The Balaban J connectivity index is 0.000000578. The van der Waals surface area contributed by atoms with Crippen molar-refractivity contribution in [2.45, 2.75) is 63.6 Å². The number of halogens is 2. The molecule has 1 atom stereocenters. The van der Waals surface area contributed by atoms with E-state index >= 15 is 0 Å². The number of allylic oxidation sites excluding steroid dienone is 8. The average Bonchev–Trinajstić information content (AvgIpc) is 3.15. The van der Waals surface area contributed by atoms with Gasteiger partial charge in [0.25, 0.3) is 0 Å². The van der Waals surface area contributed by atoms with E-state index in [0.717, 1.165) is 12.3 Å². The minimum absolute atomic E-state index is 0. The molecule has 1 saturated carbocycles. The van der Waals surface area contributed by atoms with Gasteiger partial charge in [0.2, 0.25) is 0 Å². The van der Waals surface area contributed by atoms with Crippen molar-refractivity contribution in [2.75, 3.05) is 0 Å². The summed E-state index contributed by atoms with van der Waals surface area (Å²) < 4.78 is 0. The van der Waals surface area contributed by atoms with Crippen LogP contribution in [0.5, 0.6) is 0 Å². The van der Waals surface area contributed by atoms with Crippen LogP contribution in [-0.4, -0.2) is 8.07 Å². The molecule has 0 amide bonds. The molecule has 4 heteroatoms. The van der Waals surface area contributed by atoms with Crippen molar-refractivity contribution in [3.63, 3.8) is 0 Å². The van der Waals surface area contributed by atoms with Crippen LogP contribution >= 0.6 is 0 Å². The zero-order valence-electron chi connectivity index (χ0n) is 14.7. The number of fused-ring (bicyclic) bond motifs is 1. The van der Waals surface area contributed by atoms with Crippen LogP contribution in [0.25, 0.3) is 0 Å². The summed E-state index contributed by atoms with van der Waals surface area (Å²) >= 11 is 0. The fourth-order valence-electron chi connectivity index (χ4n) is 4.46. The summed E-state index contributed by atoms with van der Waals surface area (Å²) in [6, 6.07) is 4.81. The fourth-order valence-corrected chi connectivity index (χ4v) is 9.60. The Bertz CT molecular complexity index is 468. The first-order valence-corrected chi connectivity index (χ1v) is 11.4. The van der Waals surface area contributed by atoms with Gasteiger partial charge in [0.15, 0.2) is 0 Å². The molecule has 0 nitrogen and oxygen atoms in total. The van der Waals surface area contributed by atoms with E-state index < -0.39 is 8.07 Å². The van der Waals surface area contributed by atoms with Crippen molar-refractivity contribution in [2.24, 2.45) is 5.92 Å². The number of hydrogen-bond donors (Lipinski definition) is 0. The molecule has 3 aliphatic carbocycles. The largest absolute Gasteiger partial charge is 4.00 e. The van der Waals surface area contributed by atoms with Gasteiger partial charge in [0.1, 0.15) is 0 Å². The van der Waals surface area contributed by atoms with Crippen LogP contribution in [-0.2, 0) is 26.2 Å². The van der Waals surface area contributed by atoms with Crippen molar-refractivity contribution >= 4 is 8.07 Å². The van der Waals surface area contributed by atoms with Crippen LogP contribution in [0.4, 0.5) is 0 Å². The van der Waals surface area contributed by atoms with Crippen LogP contribution < -0.4 is 24.8 Å². The van der Waals surface area contributed by atoms with Gasteiger partial charge >= 0.3 is 26.2 Å². The molecule has 130 valence electrons. The van der Waals surface area contributed by atoms with Gasteiger partial charge in [-0.3, -0.25) is 6.08 Å². The van der Waals surface area contributed by atoms with Gasteiger partial charge in [-0.2, -0.15) is 6.08 Å². The second kappa shape index (κ2) is 12.0. The first-order chi connectivity index (χ1) is 10.4. The van der Waals surface area contributed by atoms with E-state index in [1.807, 2.05) is 23.3 Å². The van der Waals surface area contributed by atoms with Crippen LogP contribution in [0.3, 0.4) is 0 Å². The normalized spacial score (nSPS) is 24.3.